The van der Waals surface area contributed by atoms with E-state index < -0.39 is 5.97 Å². The summed E-state index contributed by atoms with van der Waals surface area (Å²) in [7, 11) is 0. The third-order valence-electron chi connectivity index (χ3n) is 2.28. The maximum atomic E-state index is 11.0. The highest BCUT2D eigenvalue weighted by molar-refractivity contribution is 5.95. The van der Waals surface area contributed by atoms with Crippen LogP contribution in [0.2, 0.25) is 0 Å². The molecule has 2 rings (SSSR count). The van der Waals surface area contributed by atoms with E-state index in [2.05, 4.69) is 15.5 Å². The number of aromatic nitrogens is 2. The van der Waals surface area contributed by atoms with Gasteiger partial charge in [-0.1, -0.05) is 5.16 Å². The Hall–Kier alpha value is -2.57. The van der Waals surface area contributed by atoms with Crippen molar-refractivity contribution in [3.63, 3.8) is 0 Å². The largest absolute Gasteiger partial charge is 0.478 e. The van der Waals surface area contributed by atoms with Crippen molar-refractivity contribution in [1.29, 1.82) is 0 Å². The summed E-state index contributed by atoms with van der Waals surface area (Å²) in [5.74, 6) is -0.127. The first-order chi connectivity index (χ1) is 8.56. The third-order valence-corrected chi connectivity index (χ3v) is 2.28. The molecular formula is C11H12N4O3. The minimum atomic E-state index is -1.05. The molecule has 0 aliphatic carbocycles. The van der Waals surface area contributed by atoms with Crippen molar-refractivity contribution < 1.29 is 14.4 Å². The number of aryl methyl sites for hydroxylation is 1. The second-order valence-electron chi connectivity index (χ2n) is 3.69. The van der Waals surface area contributed by atoms with Gasteiger partial charge in [-0.15, -0.1) is 0 Å². The van der Waals surface area contributed by atoms with Crippen LogP contribution >= 0.6 is 0 Å². The van der Waals surface area contributed by atoms with Gasteiger partial charge in [-0.3, -0.25) is 0 Å². The molecule has 7 nitrogen and oxygen atoms in total. The summed E-state index contributed by atoms with van der Waals surface area (Å²) in [4.78, 5) is 15.0. The van der Waals surface area contributed by atoms with Crippen LogP contribution in [0.5, 0.6) is 0 Å². The van der Waals surface area contributed by atoms with Gasteiger partial charge in [-0.2, -0.15) is 4.98 Å². The van der Waals surface area contributed by atoms with E-state index in [0.29, 0.717) is 23.1 Å². The Morgan fingerprint density at radius 3 is 2.94 bits per heavy atom. The fourth-order valence-corrected chi connectivity index (χ4v) is 1.48. The Morgan fingerprint density at radius 2 is 2.33 bits per heavy atom. The second kappa shape index (κ2) is 4.74. The van der Waals surface area contributed by atoms with Gasteiger partial charge >= 0.3 is 5.97 Å². The van der Waals surface area contributed by atoms with Gasteiger partial charge in [0, 0.05) is 18.3 Å². The van der Waals surface area contributed by atoms with Crippen LogP contribution < -0.4 is 11.1 Å². The summed E-state index contributed by atoms with van der Waals surface area (Å²) in [5, 5.41) is 15.7. The number of nitrogens with one attached hydrogen (secondary N) is 1. The first-order valence-electron chi connectivity index (χ1n) is 5.22. The summed E-state index contributed by atoms with van der Waals surface area (Å²) < 4.78 is 4.81. The minimum absolute atomic E-state index is 0.107. The lowest BCUT2D eigenvalue weighted by Crippen LogP contribution is -2.08. The molecule has 0 aliphatic rings. The van der Waals surface area contributed by atoms with Crippen LogP contribution in [0.25, 0.3) is 0 Å². The number of hydrogen-bond acceptors (Lipinski definition) is 6. The highest BCUT2D eigenvalue weighted by Crippen LogP contribution is 2.19. The van der Waals surface area contributed by atoms with Gasteiger partial charge in [-0.25, -0.2) is 4.79 Å². The third kappa shape index (κ3) is 2.57. The van der Waals surface area contributed by atoms with Crippen molar-refractivity contribution in [3.8, 4) is 0 Å². The summed E-state index contributed by atoms with van der Waals surface area (Å²) >= 11 is 0. The Labute approximate surface area is 103 Å². The van der Waals surface area contributed by atoms with Crippen molar-refractivity contribution in [2.45, 2.75) is 13.5 Å². The molecule has 0 radical (unpaired) electrons. The average Bonchev–Trinajstić information content (AvgIpc) is 2.73. The van der Waals surface area contributed by atoms with Crippen LogP contribution in [-0.2, 0) is 6.54 Å². The lowest BCUT2D eigenvalue weighted by atomic mass is 10.1. The normalized spacial score (nSPS) is 10.3. The lowest BCUT2D eigenvalue weighted by molar-refractivity contribution is 0.0698. The highest BCUT2D eigenvalue weighted by atomic mass is 16.5. The van der Waals surface area contributed by atoms with Gasteiger partial charge in [0.05, 0.1) is 12.1 Å². The van der Waals surface area contributed by atoms with E-state index in [9.17, 15) is 4.79 Å². The Bertz CT molecular complexity index is 579. The molecule has 0 fully saturated rings. The van der Waals surface area contributed by atoms with Crippen molar-refractivity contribution in [2.75, 3.05) is 11.1 Å². The zero-order valence-electron chi connectivity index (χ0n) is 9.67. The maximum absolute atomic E-state index is 11.0. The molecule has 1 heterocycles. The molecule has 1 aromatic carbocycles. The Morgan fingerprint density at radius 1 is 1.56 bits per heavy atom. The van der Waals surface area contributed by atoms with E-state index in [1.54, 1.807) is 19.1 Å². The van der Waals surface area contributed by atoms with Gasteiger partial charge in [0.1, 0.15) is 0 Å². The molecule has 18 heavy (non-hydrogen) atoms. The summed E-state index contributed by atoms with van der Waals surface area (Å²) in [6.07, 6.45) is 0. The zero-order valence-corrected chi connectivity index (χ0v) is 9.67. The van der Waals surface area contributed by atoms with E-state index in [0.717, 1.165) is 0 Å². The predicted molar refractivity (Wildman–Crippen MR) is 64.2 cm³/mol. The molecule has 0 spiro atoms. The van der Waals surface area contributed by atoms with Crippen molar-refractivity contribution in [2.24, 2.45) is 0 Å². The van der Waals surface area contributed by atoms with Gasteiger partial charge in [0.2, 0.25) is 5.89 Å². The topological polar surface area (TPSA) is 114 Å². The fraction of sp³-hybridized carbons (Fsp3) is 0.182. The molecule has 4 N–H and O–H groups in total. The number of carboxylic acids is 1. The minimum Gasteiger partial charge on any atom is -0.478 e. The van der Waals surface area contributed by atoms with Gasteiger partial charge in [-0.05, 0) is 18.2 Å². The number of nitrogens with two attached hydrogens (primary N) is 1. The summed E-state index contributed by atoms with van der Waals surface area (Å²) in [5.41, 5.74) is 6.51. The standard InChI is InChI=1S/C11H12N4O3/c1-6-14-10(15-18-6)5-13-9-3-2-7(12)4-8(9)11(16)17/h2-4,13H,5,12H2,1H3,(H,16,17). The number of hydrogen-bond donors (Lipinski definition) is 3. The number of nitrogens with zero attached hydrogens (tertiary/aromatic N) is 2. The van der Waals surface area contributed by atoms with Crippen LogP contribution in [0.15, 0.2) is 22.7 Å². The van der Waals surface area contributed by atoms with Crippen LogP contribution in [-0.4, -0.2) is 21.2 Å². The van der Waals surface area contributed by atoms with Crippen LogP contribution in [0.3, 0.4) is 0 Å². The zero-order chi connectivity index (χ0) is 13.1. The summed E-state index contributed by atoms with van der Waals surface area (Å²) in [6, 6.07) is 4.62. The van der Waals surface area contributed by atoms with Crippen LogP contribution in [0.4, 0.5) is 11.4 Å². The molecule has 0 saturated carbocycles. The number of carboxylic acid groups (broad SMARTS) is 1. The van der Waals surface area contributed by atoms with Gasteiger partial charge in [0.15, 0.2) is 5.82 Å². The molecule has 0 amide bonds. The average molecular weight is 248 g/mol. The molecule has 0 atom stereocenters. The molecule has 2 aromatic rings. The fourth-order valence-electron chi connectivity index (χ4n) is 1.48. The number of carbonyl (C=O) groups is 1. The molecular weight excluding hydrogens is 236 g/mol. The van der Waals surface area contributed by atoms with E-state index in [1.807, 2.05) is 0 Å². The van der Waals surface area contributed by atoms with E-state index >= 15 is 0 Å². The smallest absolute Gasteiger partial charge is 0.337 e. The van der Waals surface area contributed by atoms with Gasteiger partial charge in [0.25, 0.3) is 0 Å². The molecule has 94 valence electrons. The number of nitrogen functional groups attached to an aromatic ring is 1. The second-order valence-corrected chi connectivity index (χ2v) is 3.69. The van der Waals surface area contributed by atoms with Crippen molar-refractivity contribution >= 4 is 17.3 Å². The molecule has 0 saturated heterocycles. The SMILES string of the molecule is Cc1nc(CNc2ccc(N)cc2C(=O)O)no1. The first kappa shape index (κ1) is 11.9. The predicted octanol–water partition coefficient (Wildman–Crippen LogP) is 1.27. The van der Waals surface area contributed by atoms with Crippen LogP contribution in [0.1, 0.15) is 22.1 Å². The van der Waals surface area contributed by atoms with E-state index in [4.69, 9.17) is 15.4 Å². The molecule has 0 unspecified atom stereocenters. The number of anilines is 2. The quantitative estimate of drug-likeness (QED) is 0.698. The van der Waals surface area contributed by atoms with Gasteiger partial charge < -0.3 is 20.7 Å². The lowest BCUT2D eigenvalue weighted by Gasteiger charge is -2.08. The van der Waals surface area contributed by atoms with Crippen molar-refractivity contribution in [1.82, 2.24) is 10.1 Å². The van der Waals surface area contributed by atoms with E-state index in [1.165, 1.54) is 6.07 Å². The number of rotatable bonds is 4. The molecule has 7 heteroatoms. The highest BCUT2D eigenvalue weighted by Gasteiger charge is 2.11. The van der Waals surface area contributed by atoms with Crippen LogP contribution in [0, 0.1) is 6.92 Å². The Balaban J connectivity index is 2.16. The first-order valence-corrected chi connectivity index (χ1v) is 5.22. The number of benzene rings is 1. The van der Waals surface area contributed by atoms with Crippen molar-refractivity contribution in [3.05, 3.63) is 35.5 Å². The molecule has 1 aromatic heterocycles. The number of aromatic carboxylic acids is 1. The summed E-state index contributed by atoms with van der Waals surface area (Å²) in [6.45, 7) is 1.96. The van der Waals surface area contributed by atoms with E-state index in [-0.39, 0.29) is 12.1 Å². The Kier molecular flexibility index (Phi) is 3.13. The molecule has 0 bridgehead atoms. The molecule has 0 aliphatic heterocycles. The maximum Gasteiger partial charge on any atom is 0.337 e. The monoisotopic (exact) mass is 248 g/mol.